The van der Waals surface area contributed by atoms with E-state index in [2.05, 4.69) is 26.8 Å². The number of hydrogen-bond acceptors (Lipinski definition) is 5. The lowest BCUT2D eigenvalue weighted by atomic mass is 9.73. The first-order valence-electron chi connectivity index (χ1n) is 14.0. The summed E-state index contributed by atoms with van der Waals surface area (Å²) in [6.45, 7) is 7.19. The van der Waals surface area contributed by atoms with Crippen LogP contribution in [0.15, 0.2) is 6.07 Å². The van der Waals surface area contributed by atoms with Gasteiger partial charge in [-0.05, 0) is 100 Å². The molecule has 0 spiro atoms. The second-order valence-corrected chi connectivity index (χ2v) is 13.4. The number of carbonyl (C=O) groups excluding carboxylic acids is 1. The topological polar surface area (TPSA) is 76.1 Å². The predicted molar refractivity (Wildman–Crippen MR) is 144 cm³/mol. The molecule has 36 heavy (non-hydrogen) atoms. The van der Waals surface area contributed by atoms with E-state index in [1.165, 1.54) is 11.3 Å². The maximum atomic E-state index is 14.1. The van der Waals surface area contributed by atoms with Gasteiger partial charge < -0.3 is 19.5 Å². The van der Waals surface area contributed by atoms with Crippen molar-refractivity contribution in [3.63, 3.8) is 0 Å². The van der Waals surface area contributed by atoms with Crippen molar-refractivity contribution in [3.8, 4) is 0 Å². The summed E-state index contributed by atoms with van der Waals surface area (Å²) in [7, 11) is 1.63. The lowest BCUT2D eigenvalue weighted by Gasteiger charge is -2.39. The largest absolute Gasteiger partial charge is 0.477 e. The van der Waals surface area contributed by atoms with Crippen LogP contribution in [0.3, 0.4) is 0 Å². The third-order valence-electron chi connectivity index (χ3n) is 8.96. The molecule has 4 rings (SSSR count). The molecule has 1 aromatic rings. The second kappa shape index (κ2) is 12.0. The van der Waals surface area contributed by atoms with Crippen molar-refractivity contribution in [2.24, 2.45) is 17.3 Å². The smallest absolute Gasteiger partial charge is 0.348 e. The van der Waals surface area contributed by atoms with Crippen molar-refractivity contribution in [3.05, 3.63) is 15.8 Å². The molecule has 0 unspecified atom stereocenters. The van der Waals surface area contributed by atoms with Crippen LogP contribution in [0, 0.1) is 17.3 Å². The van der Waals surface area contributed by atoms with E-state index in [9.17, 15) is 14.7 Å². The number of ether oxygens (including phenoxy) is 2. The van der Waals surface area contributed by atoms with E-state index >= 15 is 0 Å². The fraction of sp³-hybridized carbons (Fsp3) is 0.793. The average molecular weight is 520 g/mol. The number of anilines is 1. The Morgan fingerprint density at radius 3 is 2.25 bits per heavy atom. The van der Waals surface area contributed by atoms with Gasteiger partial charge in [-0.1, -0.05) is 20.8 Å². The number of carboxylic acids is 1. The van der Waals surface area contributed by atoms with Gasteiger partial charge in [-0.25, -0.2) is 4.79 Å². The van der Waals surface area contributed by atoms with Gasteiger partial charge in [0.25, 0.3) is 0 Å². The highest BCUT2D eigenvalue weighted by Crippen LogP contribution is 2.47. The molecule has 3 saturated carbocycles. The standard InChI is InChI=1S/C29H45NO5S/c1-19-5-7-21(8-6-19)27(31)30(22-9-11-23(12-10-22)35-18-34-4)24-17-25(36-26(24)28(32)33)20-13-15-29(2,3)16-14-20/h17,19-23H,5-16,18H2,1-4H3,(H,32,33)/t19-,21-,22-,23-. The first-order valence-corrected chi connectivity index (χ1v) is 14.8. The van der Waals surface area contributed by atoms with Crippen LogP contribution >= 0.6 is 11.3 Å². The number of carboxylic acid groups (broad SMARTS) is 1. The van der Waals surface area contributed by atoms with Crippen LogP contribution in [0.5, 0.6) is 0 Å². The van der Waals surface area contributed by atoms with Crippen molar-refractivity contribution in [2.45, 2.75) is 116 Å². The van der Waals surface area contributed by atoms with Gasteiger partial charge in [0.1, 0.15) is 11.7 Å². The average Bonchev–Trinajstić information content (AvgIpc) is 3.29. The first-order chi connectivity index (χ1) is 17.2. The molecule has 1 N–H and O–H groups in total. The highest BCUT2D eigenvalue weighted by Gasteiger charge is 2.38. The molecule has 0 aliphatic heterocycles. The summed E-state index contributed by atoms with van der Waals surface area (Å²) in [6.07, 6.45) is 11.9. The van der Waals surface area contributed by atoms with Crippen LogP contribution in [-0.2, 0) is 14.3 Å². The molecule has 1 amide bonds. The van der Waals surface area contributed by atoms with Gasteiger partial charge in [-0.3, -0.25) is 4.79 Å². The fourth-order valence-corrected chi connectivity index (χ4v) is 7.61. The summed E-state index contributed by atoms with van der Waals surface area (Å²) >= 11 is 1.41. The maximum Gasteiger partial charge on any atom is 0.348 e. The summed E-state index contributed by atoms with van der Waals surface area (Å²) in [4.78, 5) is 30.0. The Balaban J connectivity index is 1.61. The number of thiophene rings is 1. The maximum absolute atomic E-state index is 14.1. The Labute approximate surface area is 220 Å². The van der Waals surface area contributed by atoms with Crippen molar-refractivity contribution in [2.75, 3.05) is 18.8 Å². The molecule has 0 atom stereocenters. The molecule has 1 heterocycles. The summed E-state index contributed by atoms with van der Waals surface area (Å²) in [5.41, 5.74) is 1.01. The lowest BCUT2D eigenvalue weighted by molar-refractivity contribution is -0.124. The molecule has 3 aliphatic carbocycles. The number of hydrogen-bond donors (Lipinski definition) is 1. The number of methoxy groups -OCH3 is 1. The normalized spacial score (nSPS) is 29.1. The molecule has 202 valence electrons. The number of rotatable bonds is 8. The highest BCUT2D eigenvalue weighted by atomic mass is 32.1. The van der Waals surface area contributed by atoms with E-state index in [0.717, 1.165) is 81.9 Å². The molecular formula is C29H45NO5S. The minimum atomic E-state index is -0.912. The molecule has 3 aliphatic rings. The first kappa shape index (κ1) is 27.6. The predicted octanol–water partition coefficient (Wildman–Crippen LogP) is 7.22. The second-order valence-electron chi connectivity index (χ2n) is 12.3. The molecule has 0 radical (unpaired) electrons. The summed E-state index contributed by atoms with van der Waals surface area (Å²) in [5, 5.41) is 10.2. The van der Waals surface area contributed by atoms with Crippen molar-refractivity contribution in [1.29, 1.82) is 0 Å². The van der Waals surface area contributed by atoms with Crippen LogP contribution in [0.4, 0.5) is 5.69 Å². The molecular weight excluding hydrogens is 474 g/mol. The Hall–Kier alpha value is -1.44. The van der Waals surface area contributed by atoms with Gasteiger partial charge in [0.2, 0.25) is 5.91 Å². The number of aromatic carboxylic acids is 1. The van der Waals surface area contributed by atoms with Gasteiger partial charge in [0.05, 0.1) is 11.8 Å². The highest BCUT2D eigenvalue weighted by molar-refractivity contribution is 7.14. The molecule has 6 nitrogen and oxygen atoms in total. The van der Waals surface area contributed by atoms with Crippen LogP contribution in [0.25, 0.3) is 0 Å². The Bertz CT molecular complexity index is 885. The van der Waals surface area contributed by atoms with Gasteiger partial charge >= 0.3 is 5.97 Å². The van der Waals surface area contributed by atoms with E-state index < -0.39 is 5.97 Å². The van der Waals surface area contributed by atoms with Gasteiger partial charge in [-0.2, -0.15) is 0 Å². The minimum Gasteiger partial charge on any atom is -0.477 e. The van der Waals surface area contributed by atoms with E-state index in [4.69, 9.17) is 9.47 Å². The van der Waals surface area contributed by atoms with Gasteiger partial charge in [0.15, 0.2) is 0 Å². The van der Waals surface area contributed by atoms with Crippen LogP contribution in [0.2, 0.25) is 0 Å². The third-order valence-corrected chi connectivity index (χ3v) is 10.2. The number of amides is 1. The zero-order chi connectivity index (χ0) is 25.9. The zero-order valence-corrected chi connectivity index (χ0v) is 23.4. The van der Waals surface area contributed by atoms with Crippen LogP contribution in [-0.4, -0.2) is 43.0 Å². The van der Waals surface area contributed by atoms with Gasteiger partial charge in [0, 0.05) is 23.9 Å². The monoisotopic (exact) mass is 519 g/mol. The molecule has 1 aromatic heterocycles. The summed E-state index contributed by atoms with van der Waals surface area (Å²) < 4.78 is 10.9. The molecule has 0 bridgehead atoms. The number of nitrogens with zero attached hydrogens (tertiary/aromatic N) is 1. The minimum absolute atomic E-state index is 0.0101. The van der Waals surface area contributed by atoms with E-state index in [1.54, 1.807) is 7.11 Å². The Morgan fingerprint density at radius 1 is 1.03 bits per heavy atom. The fourth-order valence-electron chi connectivity index (χ4n) is 6.45. The number of carbonyl (C=O) groups is 2. The van der Waals surface area contributed by atoms with Crippen molar-refractivity contribution >= 4 is 28.9 Å². The lowest BCUT2D eigenvalue weighted by Crippen LogP contribution is -2.47. The van der Waals surface area contributed by atoms with Crippen LogP contribution < -0.4 is 4.90 Å². The van der Waals surface area contributed by atoms with Crippen molar-refractivity contribution < 1.29 is 24.2 Å². The SMILES string of the molecule is COCO[C@H]1CC[C@H](N(c2cc(C3CCC(C)(C)CC3)sc2C(=O)O)C(=O)[C@H]2CC[C@H](C)CC2)CC1. The third kappa shape index (κ3) is 6.51. The molecule has 7 heteroatoms. The summed E-state index contributed by atoms with van der Waals surface area (Å²) in [5.74, 6) is 0.266. The van der Waals surface area contributed by atoms with E-state index in [1.807, 2.05) is 4.90 Å². The van der Waals surface area contributed by atoms with Gasteiger partial charge in [-0.15, -0.1) is 11.3 Å². The van der Waals surface area contributed by atoms with E-state index in [0.29, 0.717) is 27.8 Å². The summed E-state index contributed by atoms with van der Waals surface area (Å²) in [6, 6.07) is 2.10. The quantitative estimate of drug-likeness (QED) is 0.367. The molecule has 3 fully saturated rings. The van der Waals surface area contributed by atoms with E-state index in [-0.39, 0.29) is 30.8 Å². The molecule has 0 aromatic carbocycles. The zero-order valence-electron chi connectivity index (χ0n) is 22.6. The van der Waals surface area contributed by atoms with Crippen molar-refractivity contribution in [1.82, 2.24) is 0 Å². The Morgan fingerprint density at radius 2 is 1.67 bits per heavy atom. The van der Waals surface area contributed by atoms with Crippen LogP contribution in [0.1, 0.15) is 118 Å². The Kier molecular flexibility index (Phi) is 9.16. The molecule has 0 saturated heterocycles.